The van der Waals surface area contributed by atoms with Crippen molar-refractivity contribution in [1.82, 2.24) is 9.80 Å². The topological polar surface area (TPSA) is 49.9 Å². The summed E-state index contributed by atoms with van der Waals surface area (Å²) in [6, 6.07) is 8.25. The van der Waals surface area contributed by atoms with Gasteiger partial charge in [0.05, 0.1) is 17.4 Å². The second-order valence-electron chi connectivity index (χ2n) is 7.22. The van der Waals surface area contributed by atoms with E-state index in [0.717, 1.165) is 33.4 Å². The van der Waals surface area contributed by atoms with E-state index in [2.05, 4.69) is 12.1 Å². The summed E-state index contributed by atoms with van der Waals surface area (Å²) in [4.78, 5) is 30.7. The summed E-state index contributed by atoms with van der Waals surface area (Å²) in [6.45, 7) is 4.33. The number of fused-ring (bicyclic) bond motifs is 5. The molecular formula is C20H24N2O3S. The van der Waals surface area contributed by atoms with E-state index in [4.69, 9.17) is 4.74 Å². The average Bonchev–Trinajstić information content (AvgIpc) is 2.80. The number of rotatable bonds is 4. The van der Waals surface area contributed by atoms with E-state index in [0.29, 0.717) is 26.2 Å². The van der Waals surface area contributed by atoms with Crippen LogP contribution in [-0.4, -0.2) is 61.0 Å². The van der Waals surface area contributed by atoms with Gasteiger partial charge in [-0.05, 0) is 36.8 Å². The molecule has 2 atom stereocenters. The van der Waals surface area contributed by atoms with Gasteiger partial charge in [-0.3, -0.25) is 9.59 Å². The Bertz CT molecular complexity index is 847. The van der Waals surface area contributed by atoms with Gasteiger partial charge in [0.15, 0.2) is 0 Å². The van der Waals surface area contributed by atoms with Crippen LogP contribution in [0.2, 0.25) is 0 Å². The number of carbonyl (C=O) groups excluding carboxylic acids is 2. The molecule has 1 aromatic heterocycles. The molecule has 0 N–H and O–H groups in total. The number of aryl methyl sites for hydroxylation is 1. The molecule has 1 aromatic carbocycles. The maximum Gasteiger partial charge on any atom is 0.264 e. The van der Waals surface area contributed by atoms with Crippen molar-refractivity contribution in [2.75, 3.05) is 33.4 Å². The van der Waals surface area contributed by atoms with Crippen molar-refractivity contribution in [3.05, 3.63) is 34.7 Å². The first-order valence-corrected chi connectivity index (χ1v) is 9.98. The number of piperidine rings is 1. The zero-order valence-corrected chi connectivity index (χ0v) is 16.1. The van der Waals surface area contributed by atoms with E-state index < -0.39 is 0 Å². The quantitative estimate of drug-likeness (QED) is 0.829. The Labute approximate surface area is 157 Å². The van der Waals surface area contributed by atoms with Crippen LogP contribution in [0.4, 0.5) is 0 Å². The highest BCUT2D eigenvalue weighted by Crippen LogP contribution is 2.34. The first-order chi connectivity index (χ1) is 12.6. The Balaban J connectivity index is 1.61. The predicted molar refractivity (Wildman–Crippen MR) is 103 cm³/mol. The number of benzene rings is 1. The minimum Gasteiger partial charge on any atom is -0.383 e. The Kier molecular flexibility index (Phi) is 4.71. The fraction of sp³-hybridized carbons (Fsp3) is 0.500. The second kappa shape index (κ2) is 7.00. The molecule has 2 amide bonds. The van der Waals surface area contributed by atoms with Gasteiger partial charge in [0.25, 0.3) is 5.91 Å². The number of carbonyl (C=O) groups is 2. The monoisotopic (exact) mass is 372 g/mol. The number of thiophene rings is 1. The van der Waals surface area contributed by atoms with Gasteiger partial charge in [-0.1, -0.05) is 18.2 Å². The van der Waals surface area contributed by atoms with E-state index in [1.807, 2.05) is 28.9 Å². The zero-order chi connectivity index (χ0) is 18.3. The van der Waals surface area contributed by atoms with E-state index >= 15 is 0 Å². The number of ether oxygens (including phenoxy) is 1. The van der Waals surface area contributed by atoms with Crippen LogP contribution in [0.15, 0.2) is 24.3 Å². The van der Waals surface area contributed by atoms with Crippen molar-refractivity contribution < 1.29 is 14.3 Å². The Hall–Kier alpha value is -1.92. The van der Waals surface area contributed by atoms with Crippen LogP contribution in [0.25, 0.3) is 10.1 Å². The maximum absolute atomic E-state index is 13.3. The molecule has 3 saturated heterocycles. The number of nitrogens with zero attached hydrogens (tertiary/aromatic N) is 2. The van der Waals surface area contributed by atoms with E-state index in [1.165, 1.54) is 0 Å². The summed E-state index contributed by atoms with van der Waals surface area (Å²) < 4.78 is 6.30. The molecule has 4 heterocycles. The van der Waals surface area contributed by atoms with Crippen LogP contribution in [0.5, 0.6) is 0 Å². The lowest BCUT2D eigenvalue weighted by Gasteiger charge is -2.35. The van der Waals surface area contributed by atoms with Gasteiger partial charge in [-0.15, -0.1) is 11.3 Å². The zero-order valence-electron chi connectivity index (χ0n) is 15.2. The van der Waals surface area contributed by atoms with E-state index in [-0.39, 0.29) is 23.8 Å². The molecule has 5 nitrogen and oxygen atoms in total. The van der Waals surface area contributed by atoms with Crippen molar-refractivity contribution in [3.63, 3.8) is 0 Å². The maximum atomic E-state index is 13.3. The van der Waals surface area contributed by atoms with Crippen molar-refractivity contribution in [1.29, 1.82) is 0 Å². The molecule has 0 unspecified atom stereocenters. The normalized spacial score (nSPS) is 22.9. The molecule has 3 aliphatic heterocycles. The van der Waals surface area contributed by atoms with Gasteiger partial charge in [-0.2, -0.15) is 0 Å². The van der Waals surface area contributed by atoms with E-state index in [9.17, 15) is 9.59 Å². The molecule has 0 radical (unpaired) electrons. The molecule has 3 fully saturated rings. The first kappa shape index (κ1) is 17.5. The molecular weight excluding hydrogens is 348 g/mol. The molecule has 0 spiro atoms. The summed E-state index contributed by atoms with van der Waals surface area (Å²) in [5.74, 6) is 0.174. The van der Waals surface area contributed by atoms with Crippen LogP contribution >= 0.6 is 11.3 Å². The second-order valence-corrected chi connectivity index (χ2v) is 8.27. The van der Waals surface area contributed by atoms with E-state index in [1.54, 1.807) is 18.4 Å². The standard InChI is InChI=1S/C20H24N2O3S/c1-13-16-5-3-4-6-17(16)26-18(13)20(24)21-11-14-7-8-15(12-21)22(19(14)23)9-10-25-2/h3-6,14-15H,7-12H2,1-2H3/t14-,15+/m0/s1. The number of hydrogen-bond donors (Lipinski definition) is 0. The van der Waals surface area contributed by atoms with Gasteiger partial charge in [0.1, 0.15) is 0 Å². The van der Waals surface area contributed by atoms with Gasteiger partial charge >= 0.3 is 0 Å². The Morgan fingerprint density at radius 1 is 1.27 bits per heavy atom. The smallest absolute Gasteiger partial charge is 0.264 e. The summed E-state index contributed by atoms with van der Waals surface area (Å²) in [5.41, 5.74) is 1.05. The molecule has 138 valence electrons. The lowest BCUT2D eigenvalue weighted by molar-refractivity contribution is -0.140. The Morgan fingerprint density at radius 3 is 2.85 bits per heavy atom. The third kappa shape index (κ3) is 2.91. The van der Waals surface area contributed by atoms with Crippen LogP contribution in [0, 0.1) is 12.8 Å². The summed E-state index contributed by atoms with van der Waals surface area (Å²) in [7, 11) is 1.65. The fourth-order valence-electron chi connectivity index (χ4n) is 4.21. The largest absolute Gasteiger partial charge is 0.383 e. The molecule has 5 rings (SSSR count). The van der Waals surface area contributed by atoms with Crippen LogP contribution in [-0.2, 0) is 9.53 Å². The summed E-state index contributed by atoms with van der Waals surface area (Å²) in [6.07, 6.45) is 1.84. The van der Waals surface area contributed by atoms with Crippen molar-refractivity contribution in [3.8, 4) is 0 Å². The summed E-state index contributed by atoms with van der Waals surface area (Å²) >= 11 is 1.56. The highest BCUT2D eigenvalue weighted by molar-refractivity contribution is 7.21. The van der Waals surface area contributed by atoms with Crippen LogP contribution < -0.4 is 0 Å². The third-order valence-electron chi connectivity index (χ3n) is 5.65. The minimum atomic E-state index is -0.0794. The van der Waals surface area contributed by atoms with Gasteiger partial charge in [-0.25, -0.2) is 0 Å². The highest BCUT2D eigenvalue weighted by atomic mass is 32.1. The summed E-state index contributed by atoms with van der Waals surface area (Å²) in [5, 5.41) is 1.15. The average molecular weight is 372 g/mol. The molecule has 6 heteroatoms. The van der Waals surface area contributed by atoms with Crippen LogP contribution in [0.1, 0.15) is 28.1 Å². The molecule has 0 saturated carbocycles. The molecule has 2 bridgehead atoms. The lowest BCUT2D eigenvalue weighted by atomic mass is 9.94. The molecule has 0 aliphatic carbocycles. The molecule has 26 heavy (non-hydrogen) atoms. The lowest BCUT2D eigenvalue weighted by Crippen LogP contribution is -2.49. The SMILES string of the molecule is COCCN1C(=O)[C@H]2CC[C@@H]1CN(C(=O)c1sc3ccccc3c1C)C2. The highest BCUT2D eigenvalue weighted by Gasteiger charge is 2.42. The van der Waals surface area contributed by atoms with Gasteiger partial charge < -0.3 is 14.5 Å². The van der Waals surface area contributed by atoms with Crippen molar-refractivity contribution in [2.45, 2.75) is 25.8 Å². The Morgan fingerprint density at radius 2 is 2.08 bits per heavy atom. The number of methoxy groups -OCH3 is 1. The van der Waals surface area contributed by atoms with Crippen molar-refractivity contribution >= 4 is 33.2 Å². The minimum absolute atomic E-state index is 0.0713. The fourth-order valence-corrected chi connectivity index (χ4v) is 5.39. The molecule has 2 aromatic rings. The van der Waals surface area contributed by atoms with Gasteiger partial charge in [0, 0.05) is 37.5 Å². The molecule has 3 aliphatic rings. The van der Waals surface area contributed by atoms with Crippen LogP contribution in [0.3, 0.4) is 0 Å². The first-order valence-electron chi connectivity index (χ1n) is 9.17. The van der Waals surface area contributed by atoms with Crippen molar-refractivity contribution in [2.24, 2.45) is 5.92 Å². The number of amides is 2. The third-order valence-corrected chi connectivity index (χ3v) is 6.92. The predicted octanol–water partition coefficient (Wildman–Crippen LogP) is 2.92. The van der Waals surface area contributed by atoms with Gasteiger partial charge in [0.2, 0.25) is 5.91 Å². The number of hydrogen-bond acceptors (Lipinski definition) is 4.